The highest BCUT2D eigenvalue weighted by molar-refractivity contribution is 5.57. The second-order valence-corrected chi connectivity index (χ2v) is 6.98. The van der Waals surface area contributed by atoms with Gasteiger partial charge in [-0.25, -0.2) is 13.8 Å². The fraction of sp³-hybridized carbons (Fsp3) is 0.444. The van der Waals surface area contributed by atoms with Crippen molar-refractivity contribution in [2.24, 2.45) is 11.7 Å². The summed E-state index contributed by atoms with van der Waals surface area (Å²) in [5.74, 6) is -0.751. The number of benzene rings is 1. The zero-order valence-electron chi connectivity index (χ0n) is 15.2. The number of rotatable bonds is 7. The van der Waals surface area contributed by atoms with Crippen LogP contribution in [0.15, 0.2) is 24.4 Å². The van der Waals surface area contributed by atoms with Crippen molar-refractivity contribution in [3.63, 3.8) is 0 Å². The van der Waals surface area contributed by atoms with E-state index >= 15 is 0 Å². The quantitative estimate of drug-likeness (QED) is 0.489. The number of nitrogens with two attached hydrogens (primary N) is 1. The molecule has 1 aromatic heterocycles. The van der Waals surface area contributed by atoms with Crippen molar-refractivity contribution < 1.29 is 13.7 Å². The molecule has 4 N–H and O–H groups in total. The minimum absolute atomic E-state index is 0.0758. The summed E-state index contributed by atoms with van der Waals surface area (Å²) in [7, 11) is 0. The summed E-state index contributed by atoms with van der Waals surface area (Å²) in [4.78, 5) is 18.8. The summed E-state index contributed by atoms with van der Waals surface area (Å²) < 4.78 is 26.5. The Balaban J connectivity index is 1.67. The topological polar surface area (TPSA) is 119 Å². The van der Waals surface area contributed by atoms with Gasteiger partial charge in [-0.3, -0.25) is 10.1 Å². The highest BCUT2D eigenvalue weighted by Crippen LogP contribution is 2.26. The highest BCUT2D eigenvalue weighted by atomic mass is 19.1. The van der Waals surface area contributed by atoms with Gasteiger partial charge in [-0.1, -0.05) is 0 Å². The molecule has 1 aliphatic rings. The molecular weight excluding hydrogens is 370 g/mol. The van der Waals surface area contributed by atoms with Crippen molar-refractivity contribution in [3.05, 3.63) is 51.7 Å². The normalized spacial score (nSPS) is 19.2. The van der Waals surface area contributed by atoms with Crippen LogP contribution in [0.2, 0.25) is 0 Å². The van der Waals surface area contributed by atoms with E-state index in [2.05, 4.69) is 20.6 Å². The Morgan fingerprint density at radius 3 is 2.46 bits per heavy atom. The molecule has 150 valence electrons. The Kier molecular flexibility index (Phi) is 6.30. The number of nitrogens with one attached hydrogen (secondary N) is 2. The summed E-state index contributed by atoms with van der Waals surface area (Å²) in [5, 5.41) is 17.1. The molecule has 0 unspecified atom stereocenters. The average molecular weight is 392 g/mol. The monoisotopic (exact) mass is 392 g/mol. The molecule has 0 atom stereocenters. The first-order valence-electron chi connectivity index (χ1n) is 9.10. The van der Waals surface area contributed by atoms with Crippen LogP contribution in [-0.2, 0) is 6.54 Å². The van der Waals surface area contributed by atoms with Crippen molar-refractivity contribution in [1.82, 2.24) is 9.97 Å². The third kappa shape index (κ3) is 5.32. The van der Waals surface area contributed by atoms with Gasteiger partial charge in [0.2, 0.25) is 11.8 Å². The van der Waals surface area contributed by atoms with Crippen molar-refractivity contribution in [3.8, 4) is 0 Å². The maximum absolute atomic E-state index is 13.3. The Morgan fingerprint density at radius 1 is 1.14 bits per heavy atom. The van der Waals surface area contributed by atoms with E-state index in [1.54, 1.807) is 0 Å². The summed E-state index contributed by atoms with van der Waals surface area (Å²) in [6.45, 7) is 0.631. The van der Waals surface area contributed by atoms with Crippen molar-refractivity contribution in [2.75, 3.05) is 17.2 Å². The average Bonchev–Trinajstić information content (AvgIpc) is 2.65. The lowest BCUT2D eigenvalue weighted by Crippen LogP contribution is -2.29. The van der Waals surface area contributed by atoms with Crippen LogP contribution in [-0.4, -0.2) is 27.5 Å². The van der Waals surface area contributed by atoms with Gasteiger partial charge in [0.25, 0.3) is 0 Å². The standard InChI is InChI=1S/C18H22F2N6O2/c19-13-5-12(6-14(20)7-13)9-23-18-24-10-16(26(27)28)17(25-18)22-8-11-1-3-15(21)4-2-11/h5-7,10-11,15H,1-4,8-9,21H2,(H2,22,23,24,25). The largest absolute Gasteiger partial charge is 0.364 e. The maximum Gasteiger partial charge on any atom is 0.329 e. The Hall–Kier alpha value is -2.88. The van der Waals surface area contributed by atoms with E-state index in [0.29, 0.717) is 18.0 Å². The molecule has 28 heavy (non-hydrogen) atoms. The molecule has 0 bridgehead atoms. The number of hydrogen-bond acceptors (Lipinski definition) is 7. The van der Waals surface area contributed by atoms with Crippen molar-refractivity contribution in [2.45, 2.75) is 38.3 Å². The van der Waals surface area contributed by atoms with Crippen LogP contribution in [0.5, 0.6) is 0 Å². The first kappa shape index (κ1) is 19.9. The van der Waals surface area contributed by atoms with Crippen LogP contribution in [0.4, 0.5) is 26.2 Å². The molecule has 0 radical (unpaired) electrons. The van der Waals surface area contributed by atoms with Gasteiger partial charge in [-0.2, -0.15) is 4.98 Å². The van der Waals surface area contributed by atoms with Crippen LogP contribution in [0, 0.1) is 27.7 Å². The molecular formula is C18H22F2N6O2. The number of aromatic nitrogens is 2. The van der Waals surface area contributed by atoms with Gasteiger partial charge in [0, 0.05) is 25.2 Å². The number of hydrogen-bond donors (Lipinski definition) is 3. The highest BCUT2D eigenvalue weighted by Gasteiger charge is 2.21. The van der Waals surface area contributed by atoms with Crippen LogP contribution >= 0.6 is 0 Å². The van der Waals surface area contributed by atoms with Gasteiger partial charge in [-0.15, -0.1) is 0 Å². The van der Waals surface area contributed by atoms with E-state index < -0.39 is 16.6 Å². The lowest BCUT2D eigenvalue weighted by Gasteiger charge is -2.26. The molecule has 10 heteroatoms. The zero-order valence-corrected chi connectivity index (χ0v) is 15.2. The van der Waals surface area contributed by atoms with Gasteiger partial charge in [0.15, 0.2) is 0 Å². The summed E-state index contributed by atoms with van der Waals surface area (Å²) in [6.07, 6.45) is 4.91. The fourth-order valence-corrected chi connectivity index (χ4v) is 3.25. The second kappa shape index (κ2) is 8.87. The molecule has 2 aromatic rings. The van der Waals surface area contributed by atoms with E-state index in [0.717, 1.165) is 37.9 Å². The molecule has 0 saturated heterocycles. The van der Waals surface area contributed by atoms with E-state index in [1.165, 1.54) is 12.1 Å². The van der Waals surface area contributed by atoms with Crippen LogP contribution in [0.1, 0.15) is 31.2 Å². The first-order chi connectivity index (χ1) is 13.4. The number of nitrogens with zero attached hydrogens (tertiary/aromatic N) is 3. The molecule has 1 heterocycles. The Morgan fingerprint density at radius 2 is 1.82 bits per heavy atom. The van der Waals surface area contributed by atoms with Crippen LogP contribution in [0.3, 0.4) is 0 Å². The first-order valence-corrected chi connectivity index (χ1v) is 9.10. The van der Waals surface area contributed by atoms with E-state index in [1.807, 2.05) is 0 Å². The van der Waals surface area contributed by atoms with E-state index in [-0.39, 0.29) is 30.0 Å². The van der Waals surface area contributed by atoms with Gasteiger partial charge in [-0.05, 0) is 49.3 Å². The molecule has 1 aromatic carbocycles. The smallest absolute Gasteiger partial charge is 0.329 e. The lowest BCUT2D eigenvalue weighted by molar-refractivity contribution is -0.384. The molecule has 0 amide bonds. The third-order valence-electron chi connectivity index (χ3n) is 4.79. The summed E-state index contributed by atoms with van der Waals surface area (Å²) in [6, 6.07) is 3.39. The molecule has 1 aliphatic carbocycles. The van der Waals surface area contributed by atoms with Crippen molar-refractivity contribution >= 4 is 17.5 Å². The van der Waals surface area contributed by atoms with Gasteiger partial charge >= 0.3 is 5.69 Å². The van der Waals surface area contributed by atoms with Gasteiger partial charge in [0.05, 0.1) is 4.92 Å². The molecule has 3 rings (SSSR count). The predicted octanol–water partition coefficient (Wildman–Crippen LogP) is 3.20. The number of anilines is 2. The SMILES string of the molecule is NC1CCC(CNc2nc(NCc3cc(F)cc(F)c3)ncc2[N+](=O)[O-])CC1. The predicted molar refractivity (Wildman–Crippen MR) is 101 cm³/mol. The maximum atomic E-state index is 13.3. The number of nitro groups is 1. The lowest BCUT2D eigenvalue weighted by atomic mass is 9.86. The second-order valence-electron chi connectivity index (χ2n) is 6.98. The molecule has 1 fully saturated rings. The summed E-state index contributed by atoms with van der Waals surface area (Å²) >= 11 is 0. The van der Waals surface area contributed by atoms with E-state index in [4.69, 9.17) is 5.73 Å². The van der Waals surface area contributed by atoms with Crippen LogP contribution in [0.25, 0.3) is 0 Å². The third-order valence-corrected chi connectivity index (χ3v) is 4.79. The molecule has 0 spiro atoms. The molecule has 1 saturated carbocycles. The molecule has 0 aliphatic heterocycles. The zero-order chi connectivity index (χ0) is 20.1. The van der Waals surface area contributed by atoms with Gasteiger partial charge in [0.1, 0.15) is 17.8 Å². The van der Waals surface area contributed by atoms with E-state index in [9.17, 15) is 18.9 Å². The minimum atomic E-state index is -0.684. The number of halogens is 2. The fourth-order valence-electron chi connectivity index (χ4n) is 3.25. The van der Waals surface area contributed by atoms with Crippen molar-refractivity contribution in [1.29, 1.82) is 0 Å². The minimum Gasteiger partial charge on any atom is -0.364 e. The Labute approximate surface area is 160 Å². The molecule has 8 nitrogen and oxygen atoms in total. The van der Waals surface area contributed by atoms with Gasteiger partial charge < -0.3 is 16.4 Å². The summed E-state index contributed by atoms with van der Waals surface area (Å²) in [5.41, 5.74) is 6.04. The Bertz CT molecular complexity index is 823. The van der Waals surface area contributed by atoms with Crippen LogP contribution < -0.4 is 16.4 Å².